The Morgan fingerprint density at radius 2 is 2.22 bits per heavy atom. The van der Waals surface area contributed by atoms with E-state index in [0.29, 0.717) is 11.3 Å². The van der Waals surface area contributed by atoms with Crippen molar-refractivity contribution in [1.82, 2.24) is 0 Å². The number of halogens is 1. The fourth-order valence-corrected chi connectivity index (χ4v) is 3.96. The molecule has 1 unspecified atom stereocenters. The van der Waals surface area contributed by atoms with Crippen molar-refractivity contribution in [2.24, 2.45) is 11.0 Å². The second-order valence-electron chi connectivity index (χ2n) is 5.59. The quantitative estimate of drug-likeness (QED) is 0.366. The van der Waals surface area contributed by atoms with Gasteiger partial charge >= 0.3 is 5.97 Å². The molecule has 0 amide bonds. The SMILES string of the molecule is [N-]=[N+]=NCC1COC(=O)[C@H]1c1ccc(N2CCSCC2)c(F)c1. The van der Waals surface area contributed by atoms with E-state index in [4.69, 9.17) is 10.3 Å². The van der Waals surface area contributed by atoms with Crippen LogP contribution in [0.25, 0.3) is 10.4 Å². The minimum atomic E-state index is -0.569. The first kappa shape index (κ1) is 16.0. The number of azide groups is 1. The highest BCUT2D eigenvalue weighted by atomic mass is 32.2. The molecule has 2 saturated heterocycles. The Hall–Kier alpha value is -1.92. The number of hydrogen-bond acceptors (Lipinski definition) is 5. The second kappa shape index (κ2) is 7.10. The molecule has 0 aliphatic carbocycles. The monoisotopic (exact) mass is 336 g/mol. The lowest BCUT2D eigenvalue weighted by molar-refractivity contribution is -0.139. The smallest absolute Gasteiger partial charge is 0.313 e. The maximum atomic E-state index is 14.5. The van der Waals surface area contributed by atoms with Crippen LogP contribution >= 0.6 is 11.8 Å². The molecule has 0 N–H and O–H groups in total. The molecule has 1 aromatic carbocycles. The fraction of sp³-hybridized carbons (Fsp3) is 0.533. The van der Waals surface area contributed by atoms with Gasteiger partial charge in [-0.15, -0.1) is 0 Å². The Labute approximate surface area is 137 Å². The van der Waals surface area contributed by atoms with E-state index in [0.717, 1.165) is 24.6 Å². The number of rotatable bonds is 4. The van der Waals surface area contributed by atoms with Gasteiger partial charge in [-0.25, -0.2) is 4.39 Å². The number of benzene rings is 1. The van der Waals surface area contributed by atoms with Crippen LogP contribution in [0.15, 0.2) is 23.3 Å². The number of ether oxygens (including phenoxy) is 1. The fourth-order valence-electron chi connectivity index (χ4n) is 3.05. The summed E-state index contributed by atoms with van der Waals surface area (Å²) in [6.45, 7) is 2.02. The van der Waals surface area contributed by atoms with Gasteiger partial charge in [0.25, 0.3) is 0 Å². The molecular weight excluding hydrogens is 319 g/mol. The molecule has 0 bridgehead atoms. The van der Waals surface area contributed by atoms with E-state index in [1.165, 1.54) is 6.07 Å². The molecule has 1 aromatic rings. The maximum absolute atomic E-state index is 14.5. The molecule has 0 saturated carbocycles. The molecule has 2 atom stereocenters. The number of hydrogen-bond donors (Lipinski definition) is 0. The molecule has 2 heterocycles. The van der Waals surface area contributed by atoms with Crippen LogP contribution in [0, 0.1) is 11.7 Å². The second-order valence-corrected chi connectivity index (χ2v) is 6.82. The summed E-state index contributed by atoms with van der Waals surface area (Å²) >= 11 is 1.87. The molecule has 122 valence electrons. The topological polar surface area (TPSA) is 78.3 Å². The summed E-state index contributed by atoms with van der Waals surface area (Å²) in [5.74, 6) is 0.465. The third-order valence-corrected chi connectivity index (χ3v) is 5.17. The Morgan fingerprint density at radius 1 is 1.43 bits per heavy atom. The van der Waals surface area contributed by atoms with Crippen molar-refractivity contribution >= 4 is 23.4 Å². The lowest BCUT2D eigenvalue weighted by atomic mass is 9.88. The normalized spacial score (nSPS) is 24.2. The van der Waals surface area contributed by atoms with E-state index in [1.54, 1.807) is 12.1 Å². The summed E-state index contributed by atoms with van der Waals surface area (Å²) in [6.07, 6.45) is 0. The number of thioether (sulfide) groups is 1. The van der Waals surface area contributed by atoms with Crippen molar-refractivity contribution in [3.05, 3.63) is 40.0 Å². The van der Waals surface area contributed by atoms with Gasteiger partial charge in [0, 0.05) is 42.0 Å². The highest BCUT2D eigenvalue weighted by Gasteiger charge is 2.38. The summed E-state index contributed by atoms with van der Waals surface area (Å²) in [5.41, 5.74) is 9.60. The summed E-state index contributed by atoms with van der Waals surface area (Å²) in [5, 5.41) is 3.52. The summed E-state index contributed by atoms with van der Waals surface area (Å²) in [7, 11) is 0. The number of cyclic esters (lactones) is 1. The molecular formula is C15H17FN4O2S. The van der Waals surface area contributed by atoms with Crippen LogP contribution in [-0.2, 0) is 9.53 Å². The molecule has 3 rings (SSSR count). The first-order valence-electron chi connectivity index (χ1n) is 7.50. The van der Waals surface area contributed by atoms with Crippen LogP contribution in [0.1, 0.15) is 11.5 Å². The van der Waals surface area contributed by atoms with E-state index < -0.39 is 5.92 Å². The first-order valence-corrected chi connectivity index (χ1v) is 8.66. The largest absolute Gasteiger partial charge is 0.465 e. The van der Waals surface area contributed by atoms with E-state index in [1.807, 2.05) is 16.7 Å². The summed E-state index contributed by atoms with van der Waals surface area (Å²) in [4.78, 5) is 16.7. The predicted octanol–water partition coefficient (Wildman–Crippen LogP) is 2.95. The van der Waals surface area contributed by atoms with E-state index in [9.17, 15) is 9.18 Å². The minimum absolute atomic E-state index is 0.166. The Morgan fingerprint density at radius 3 is 2.91 bits per heavy atom. The number of anilines is 1. The number of nitrogens with zero attached hydrogens (tertiary/aromatic N) is 4. The highest BCUT2D eigenvalue weighted by molar-refractivity contribution is 7.99. The van der Waals surface area contributed by atoms with Crippen LogP contribution in [0.3, 0.4) is 0 Å². The zero-order valence-electron chi connectivity index (χ0n) is 12.5. The lowest BCUT2D eigenvalue weighted by Crippen LogP contribution is -2.33. The van der Waals surface area contributed by atoms with Gasteiger partial charge in [-0.2, -0.15) is 11.8 Å². The zero-order valence-corrected chi connectivity index (χ0v) is 13.3. The Kier molecular flexibility index (Phi) is 4.93. The average Bonchev–Trinajstić information content (AvgIpc) is 2.94. The van der Waals surface area contributed by atoms with E-state index in [-0.39, 0.29) is 30.9 Å². The predicted molar refractivity (Wildman–Crippen MR) is 87.1 cm³/mol. The van der Waals surface area contributed by atoms with Crippen LogP contribution in [0.4, 0.5) is 10.1 Å². The van der Waals surface area contributed by atoms with Crippen molar-refractivity contribution < 1.29 is 13.9 Å². The van der Waals surface area contributed by atoms with Gasteiger partial charge in [-0.3, -0.25) is 4.79 Å². The van der Waals surface area contributed by atoms with Crippen molar-refractivity contribution in [1.29, 1.82) is 0 Å². The molecule has 0 aromatic heterocycles. The minimum Gasteiger partial charge on any atom is -0.465 e. The Balaban J connectivity index is 1.83. The third kappa shape index (κ3) is 3.38. The highest BCUT2D eigenvalue weighted by Crippen LogP contribution is 2.35. The molecule has 2 fully saturated rings. The van der Waals surface area contributed by atoms with Gasteiger partial charge in [-0.05, 0) is 23.2 Å². The number of carbonyl (C=O) groups excluding carboxylic acids is 1. The maximum Gasteiger partial charge on any atom is 0.313 e. The molecule has 23 heavy (non-hydrogen) atoms. The summed E-state index contributed by atoms with van der Waals surface area (Å²) in [6, 6.07) is 4.93. The lowest BCUT2D eigenvalue weighted by Gasteiger charge is -2.29. The van der Waals surface area contributed by atoms with Gasteiger partial charge in [0.2, 0.25) is 0 Å². The first-order chi connectivity index (χ1) is 11.2. The molecule has 0 spiro atoms. The summed E-state index contributed by atoms with van der Waals surface area (Å²) < 4.78 is 19.6. The van der Waals surface area contributed by atoms with Gasteiger partial charge in [0.15, 0.2) is 0 Å². The molecule has 8 heteroatoms. The van der Waals surface area contributed by atoms with Crippen LogP contribution in [0.5, 0.6) is 0 Å². The van der Waals surface area contributed by atoms with Crippen molar-refractivity contribution in [2.75, 3.05) is 42.6 Å². The number of carbonyl (C=O) groups is 1. The van der Waals surface area contributed by atoms with Crippen LogP contribution in [0.2, 0.25) is 0 Å². The van der Waals surface area contributed by atoms with Gasteiger partial charge in [-0.1, -0.05) is 11.2 Å². The average molecular weight is 336 g/mol. The molecule has 2 aliphatic rings. The van der Waals surface area contributed by atoms with Crippen molar-refractivity contribution in [3.8, 4) is 0 Å². The van der Waals surface area contributed by atoms with Crippen LogP contribution in [-0.4, -0.2) is 43.7 Å². The third-order valence-electron chi connectivity index (χ3n) is 4.23. The number of esters is 1. The van der Waals surface area contributed by atoms with Crippen molar-refractivity contribution in [3.63, 3.8) is 0 Å². The standard InChI is InChI=1S/C15H17FN4O2S/c16-12-7-10(1-2-13(12)20-3-5-23-6-4-20)14-11(8-18-19-17)9-22-15(14)21/h1-2,7,11,14H,3-6,8-9H2/t11?,14-/m0/s1. The van der Waals surface area contributed by atoms with Gasteiger partial charge in [0.1, 0.15) is 5.82 Å². The van der Waals surface area contributed by atoms with E-state index in [2.05, 4.69) is 10.0 Å². The van der Waals surface area contributed by atoms with Crippen molar-refractivity contribution in [2.45, 2.75) is 5.92 Å². The Bertz CT molecular complexity index is 644. The zero-order chi connectivity index (χ0) is 16.2. The molecule has 0 radical (unpaired) electrons. The van der Waals surface area contributed by atoms with E-state index >= 15 is 0 Å². The molecule has 2 aliphatic heterocycles. The van der Waals surface area contributed by atoms with Gasteiger partial charge in [0.05, 0.1) is 18.2 Å². The van der Waals surface area contributed by atoms with Gasteiger partial charge < -0.3 is 9.64 Å². The molecule has 6 nitrogen and oxygen atoms in total. The van der Waals surface area contributed by atoms with Crippen LogP contribution < -0.4 is 4.90 Å².